The summed E-state index contributed by atoms with van der Waals surface area (Å²) >= 11 is 0. The first kappa shape index (κ1) is 12.2. The molecule has 1 aromatic heterocycles. The zero-order chi connectivity index (χ0) is 13.3. The van der Waals surface area contributed by atoms with Gasteiger partial charge in [0.1, 0.15) is 0 Å². The molecule has 1 aromatic carbocycles. The summed E-state index contributed by atoms with van der Waals surface area (Å²) in [6, 6.07) is 8.21. The van der Waals surface area contributed by atoms with E-state index in [0.717, 1.165) is 24.1 Å². The third-order valence-electron chi connectivity index (χ3n) is 4.09. The number of aromatic nitrogens is 2. The molecular formula is C15H19N3O. The molecule has 0 saturated heterocycles. The lowest BCUT2D eigenvalue weighted by Crippen LogP contribution is -2.38. The first-order chi connectivity index (χ1) is 9.17. The molecule has 0 spiro atoms. The van der Waals surface area contributed by atoms with Gasteiger partial charge in [-0.3, -0.25) is 0 Å². The minimum atomic E-state index is -0.204. The highest BCUT2D eigenvalue weighted by atomic mass is 16.1. The van der Waals surface area contributed by atoms with Crippen LogP contribution in [-0.4, -0.2) is 9.97 Å². The average molecular weight is 257 g/mol. The van der Waals surface area contributed by atoms with E-state index in [1.165, 1.54) is 24.8 Å². The summed E-state index contributed by atoms with van der Waals surface area (Å²) in [5, 5.41) is 0. The normalized spacial score (nSPS) is 18.4. The Morgan fingerprint density at radius 3 is 2.63 bits per heavy atom. The fourth-order valence-electron chi connectivity index (χ4n) is 2.96. The lowest BCUT2D eigenvalue weighted by atomic mass is 9.77. The van der Waals surface area contributed by atoms with E-state index in [0.29, 0.717) is 0 Å². The van der Waals surface area contributed by atoms with Crippen LogP contribution in [0, 0.1) is 0 Å². The van der Waals surface area contributed by atoms with Crippen molar-refractivity contribution in [3.8, 4) is 11.3 Å². The molecule has 100 valence electrons. The molecule has 0 aliphatic heterocycles. The van der Waals surface area contributed by atoms with Gasteiger partial charge in [-0.05, 0) is 30.0 Å². The Balaban J connectivity index is 1.97. The fraction of sp³-hybridized carbons (Fsp3) is 0.400. The third kappa shape index (κ3) is 2.36. The number of nitrogens with two attached hydrogens (primary N) is 1. The van der Waals surface area contributed by atoms with Crippen LogP contribution in [0.25, 0.3) is 11.3 Å². The van der Waals surface area contributed by atoms with Gasteiger partial charge in [-0.1, -0.05) is 37.5 Å². The van der Waals surface area contributed by atoms with Crippen molar-refractivity contribution >= 4 is 0 Å². The molecule has 1 heterocycles. The molecule has 4 nitrogen and oxygen atoms in total. The fourth-order valence-corrected chi connectivity index (χ4v) is 2.96. The van der Waals surface area contributed by atoms with Gasteiger partial charge >= 0.3 is 5.69 Å². The van der Waals surface area contributed by atoms with Crippen LogP contribution >= 0.6 is 0 Å². The van der Waals surface area contributed by atoms with Crippen molar-refractivity contribution in [2.75, 3.05) is 0 Å². The van der Waals surface area contributed by atoms with E-state index in [9.17, 15) is 4.79 Å². The molecule has 0 atom stereocenters. The van der Waals surface area contributed by atoms with Gasteiger partial charge in [0.25, 0.3) is 0 Å². The maximum atomic E-state index is 11.2. The molecule has 2 aromatic rings. The van der Waals surface area contributed by atoms with Crippen molar-refractivity contribution < 1.29 is 0 Å². The van der Waals surface area contributed by atoms with Crippen LogP contribution in [0.1, 0.15) is 37.7 Å². The summed E-state index contributed by atoms with van der Waals surface area (Å²) in [6.07, 6.45) is 7.46. The first-order valence-corrected chi connectivity index (χ1v) is 6.85. The van der Waals surface area contributed by atoms with Gasteiger partial charge in [-0.25, -0.2) is 4.79 Å². The largest absolute Gasteiger partial charge is 0.323 e. The summed E-state index contributed by atoms with van der Waals surface area (Å²) < 4.78 is 0. The lowest BCUT2D eigenvalue weighted by Gasteiger charge is -2.34. The van der Waals surface area contributed by atoms with Crippen LogP contribution in [0.4, 0.5) is 0 Å². The minimum absolute atomic E-state index is 0.180. The Morgan fingerprint density at radius 1 is 1.16 bits per heavy atom. The van der Waals surface area contributed by atoms with Gasteiger partial charge in [-0.2, -0.15) is 0 Å². The molecule has 19 heavy (non-hydrogen) atoms. The maximum absolute atomic E-state index is 11.2. The van der Waals surface area contributed by atoms with Crippen LogP contribution in [0.3, 0.4) is 0 Å². The monoisotopic (exact) mass is 257 g/mol. The molecule has 1 aliphatic rings. The van der Waals surface area contributed by atoms with E-state index in [1.54, 1.807) is 6.20 Å². The molecule has 4 N–H and O–H groups in total. The SMILES string of the molecule is NC1(c2cccc(-c3c[nH]c(=O)[nH]3)c2)CCCCC1. The topological polar surface area (TPSA) is 74.7 Å². The second kappa shape index (κ2) is 4.70. The zero-order valence-electron chi connectivity index (χ0n) is 10.9. The highest BCUT2D eigenvalue weighted by Gasteiger charge is 2.29. The van der Waals surface area contributed by atoms with Gasteiger partial charge in [0.05, 0.1) is 5.69 Å². The van der Waals surface area contributed by atoms with Crippen LogP contribution in [-0.2, 0) is 5.54 Å². The van der Waals surface area contributed by atoms with E-state index in [-0.39, 0.29) is 11.2 Å². The minimum Gasteiger partial charge on any atom is -0.321 e. The number of nitrogens with one attached hydrogen (secondary N) is 2. The summed E-state index contributed by atoms with van der Waals surface area (Å²) in [5.74, 6) is 0. The van der Waals surface area contributed by atoms with Gasteiger partial charge in [0.2, 0.25) is 0 Å². The molecule has 1 fully saturated rings. The summed E-state index contributed by atoms with van der Waals surface area (Å²) in [4.78, 5) is 16.6. The Bertz CT molecular complexity index is 620. The van der Waals surface area contributed by atoms with Crippen molar-refractivity contribution in [3.63, 3.8) is 0 Å². The Labute approximate surface area is 112 Å². The molecule has 0 bridgehead atoms. The number of hydrogen-bond acceptors (Lipinski definition) is 2. The third-order valence-corrected chi connectivity index (χ3v) is 4.09. The molecule has 0 amide bonds. The Kier molecular flexibility index (Phi) is 3.03. The highest BCUT2D eigenvalue weighted by Crippen LogP contribution is 2.35. The van der Waals surface area contributed by atoms with Crippen molar-refractivity contribution in [3.05, 3.63) is 46.5 Å². The predicted octanol–water partition coefficient (Wildman–Crippen LogP) is 2.49. The van der Waals surface area contributed by atoms with E-state index in [4.69, 9.17) is 5.73 Å². The molecule has 0 radical (unpaired) electrons. The zero-order valence-corrected chi connectivity index (χ0v) is 10.9. The Hall–Kier alpha value is -1.81. The molecule has 3 rings (SSSR count). The summed E-state index contributed by atoms with van der Waals surface area (Å²) in [6.45, 7) is 0. The number of aromatic amines is 2. The second-order valence-corrected chi connectivity index (χ2v) is 5.45. The van der Waals surface area contributed by atoms with E-state index in [1.807, 2.05) is 12.1 Å². The van der Waals surface area contributed by atoms with E-state index in [2.05, 4.69) is 22.1 Å². The molecular weight excluding hydrogens is 238 g/mol. The number of H-pyrrole nitrogens is 2. The van der Waals surface area contributed by atoms with E-state index < -0.39 is 0 Å². The van der Waals surface area contributed by atoms with Crippen molar-refractivity contribution in [2.45, 2.75) is 37.6 Å². The van der Waals surface area contributed by atoms with Gasteiger partial charge in [0, 0.05) is 11.7 Å². The van der Waals surface area contributed by atoms with Crippen molar-refractivity contribution in [1.82, 2.24) is 9.97 Å². The van der Waals surface area contributed by atoms with Crippen molar-refractivity contribution in [2.24, 2.45) is 5.73 Å². The lowest BCUT2D eigenvalue weighted by molar-refractivity contribution is 0.302. The van der Waals surface area contributed by atoms with E-state index >= 15 is 0 Å². The van der Waals surface area contributed by atoms with Gasteiger partial charge < -0.3 is 15.7 Å². The Morgan fingerprint density at radius 2 is 1.95 bits per heavy atom. The molecule has 1 aliphatic carbocycles. The molecule has 4 heteroatoms. The van der Waals surface area contributed by atoms with Crippen LogP contribution in [0.2, 0.25) is 0 Å². The highest BCUT2D eigenvalue weighted by molar-refractivity contribution is 5.59. The number of rotatable bonds is 2. The standard InChI is InChI=1S/C15H19N3O/c16-15(7-2-1-3-8-15)12-6-4-5-11(9-12)13-10-17-14(19)18-13/h4-6,9-10H,1-3,7-8,16H2,(H2,17,18,19). The number of hydrogen-bond donors (Lipinski definition) is 3. The summed E-state index contributed by atoms with van der Waals surface area (Å²) in [5.41, 5.74) is 9.16. The maximum Gasteiger partial charge on any atom is 0.323 e. The number of imidazole rings is 1. The smallest absolute Gasteiger partial charge is 0.321 e. The first-order valence-electron chi connectivity index (χ1n) is 6.85. The molecule has 0 unspecified atom stereocenters. The molecule has 1 saturated carbocycles. The quantitative estimate of drug-likeness (QED) is 0.773. The van der Waals surface area contributed by atoms with Crippen LogP contribution in [0.15, 0.2) is 35.3 Å². The van der Waals surface area contributed by atoms with Gasteiger partial charge in [-0.15, -0.1) is 0 Å². The van der Waals surface area contributed by atoms with Crippen LogP contribution in [0.5, 0.6) is 0 Å². The van der Waals surface area contributed by atoms with Gasteiger partial charge in [0.15, 0.2) is 0 Å². The predicted molar refractivity (Wildman–Crippen MR) is 75.8 cm³/mol. The van der Waals surface area contributed by atoms with Crippen LogP contribution < -0.4 is 11.4 Å². The second-order valence-electron chi connectivity index (χ2n) is 5.45. The summed E-state index contributed by atoms with van der Waals surface area (Å²) in [7, 11) is 0. The number of benzene rings is 1. The van der Waals surface area contributed by atoms with Crippen molar-refractivity contribution in [1.29, 1.82) is 0 Å². The average Bonchev–Trinajstić information content (AvgIpc) is 2.87.